The first-order valence-electron chi connectivity index (χ1n) is 10.1. The van der Waals surface area contributed by atoms with Crippen molar-refractivity contribution in [3.63, 3.8) is 0 Å². The van der Waals surface area contributed by atoms with Gasteiger partial charge in [-0.2, -0.15) is 5.10 Å². The molecular formula is C22H28N4O2. The number of fused-ring (bicyclic) bond motifs is 1. The van der Waals surface area contributed by atoms with E-state index in [0.29, 0.717) is 13.1 Å². The minimum Gasteiger partial charge on any atom is -0.481 e. The van der Waals surface area contributed by atoms with Crippen LogP contribution in [0.2, 0.25) is 0 Å². The van der Waals surface area contributed by atoms with Crippen LogP contribution in [-0.2, 0) is 17.6 Å². The summed E-state index contributed by atoms with van der Waals surface area (Å²) in [6, 6.07) is 8.12. The summed E-state index contributed by atoms with van der Waals surface area (Å²) in [6.07, 6.45) is 2.83. The van der Waals surface area contributed by atoms with E-state index >= 15 is 0 Å². The standard InChI is InChI=1S/C22H28N4O2/c1-15-6-4-9-20(16(15)2)28-17(3)22(27)26-12-10-25(11-13-26)21-14-18-7-5-8-19(18)23-24-21/h4,6,9,14,17H,5,7-8,10-13H2,1-3H3. The van der Waals surface area contributed by atoms with Crippen LogP contribution in [0.3, 0.4) is 0 Å². The predicted molar refractivity (Wildman–Crippen MR) is 109 cm³/mol. The Kier molecular flexibility index (Phi) is 5.20. The van der Waals surface area contributed by atoms with Gasteiger partial charge in [-0.1, -0.05) is 12.1 Å². The van der Waals surface area contributed by atoms with Crippen molar-refractivity contribution in [2.45, 2.75) is 46.1 Å². The Morgan fingerprint density at radius 3 is 2.68 bits per heavy atom. The van der Waals surface area contributed by atoms with Crippen LogP contribution in [0.1, 0.15) is 35.7 Å². The number of aryl methyl sites for hydroxylation is 3. The molecule has 4 rings (SSSR count). The normalized spacial score (nSPS) is 17.4. The van der Waals surface area contributed by atoms with Gasteiger partial charge in [0.2, 0.25) is 0 Å². The summed E-state index contributed by atoms with van der Waals surface area (Å²) < 4.78 is 5.98. The van der Waals surface area contributed by atoms with Crippen LogP contribution in [0.15, 0.2) is 24.3 Å². The number of ether oxygens (including phenoxy) is 1. The van der Waals surface area contributed by atoms with Crippen molar-refractivity contribution in [1.82, 2.24) is 15.1 Å². The Morgan fingerprint density at radius 2 is 1.89 bits per heavy atom. The fourth-order valence-electron chi connectivity index (χ4n) is 3.98. The third-order valence-corrected chi connectivity index (χ3v) is 5.93. The van der Waals surface area contributed by atoms with Crippen molar-refractivity contribution in [1.29, 1.82) is 0 Å². The Labute approximate surface area is 166 Å². The molecule has 1 aliphatic carbocycles. The van der Waals surface area contributed by atoms with Gasteiger partial charge in [0, 0.05) is 26.2 Å². The van der Waals surface area contributed by atoms with Crippen LogP contribution in [0.4, 0.5) is 5.82 Å². The number of piperazine rings is 1. The molecule has 2 heterocycles. The molecule has 0 bridgehead atoms. The van der Waals surface area contributed by atoms with Crippen molar-refractivity contribution in [2.75, 3.05) is 31.1 Å². The molecule has 1 saturated heterocycles. The molecule has 1 fully saturated rings. The molecule has 1 aromatic heterocycles. The highest BCUT2D eigenvalue weighted by molar-refractivity contribution is 5.81. The molecule has 1 unspecified atom stereocenters. The minimum absolute atomic E-state index is 0.0422. The maximum absolute atomic E-state index is 12.8. The van der Waals surface area contributed by atoms with Crippen LogP contribution in [0.5, 0.6) is 5.75 Å². The molecule has 0 spiro atoms. The van der Waals surface area contributed by atoms with Crippen LogP contribution < -0.4 is 9.64 Å². The quantitative estimate of drug-likeness (QED) is 0.816. The molecule has 2 aromatic rings. The van der Waals surface area contributed by atoms with Gasteiger partial charge in [0.15, 0.2) is 11.9 Å². The zero-order valence-corrected chi connectivity index (χ0v) is 16.9. The monoisotopic (exact) mass is 380 g/mol. The molecule has 0 saturated carbocycles. The first-order chi connectivity index (χ1) is 13.5. The van der Waals surface area contributed by atoms with E-state index in [9.17, 15) is 4.79 Å². The third kappa shape index (κ3) is 3.68. The highest BCUT2D eigenvalue weighted by Crippen LogP contribution is 2.24. The summed E-state index contributed by atoms with van der Waals surface area (Å²) in [7, 11) is 0. The third-order valence-electron chi connectivity index (χ3n) is 5.93. The van der Waals surface area contributed by atoms with E-state index in [1.807, 2.05) is 30.9 Å². The minimum atomic E-state index is -0.494. The summed E-state index contributed by atoms with van der Waals surface area (Å²) in [4.78, 5) is 17.0. The number of anilines is 1. The fraction of sp³-hybridized carbons (Fsp3) is 0.500. The van der Waals surface area contributed by atoms with E-state index in [-0.39, 0.29) is 5.91 Å². The second kappa shape index (κ2) is 7.78. The van der Waals surface area contributed by atoms with Crippen molar-refractivity contribution in [3.8, 4) is 5.75 Å². The molecule has 1 aliphatic heterocycles. The Bertz CT molecular complexity index is 875. The van der Waals surface area contributed by atoms with Gasteiger partial charge in [-0.05, 0) is 68.9 Å². The zero-order valence-electron chi connectivity index (χ0n) is 16.9. The van der Waals surface area contributed by atoms with E-state index in [1.54, 1.807) is 0 Å². The number of carbonyl (C=O) groups excluding carboxylic acids is 1. The number of carbonyl (C=O) groups is 1. The van der Waals surface area contributed by atoms with Gasteiger partial charge in [-0.25, -0.2) is 0 Å². The van der Waals surface area contributed by atoms with Crippen LogP contribution >= 0.6 is 0 Å². The van der Waals surface area contributed by atoms with Crippen LogP contribution in [0.25, 0.3) is 0 Å². The second-order valence-electron chi connectivity index (χ2n) is 7.80. The molecule has 28 heavy (non-hydrogen) atoms. The average molecular weight is 380 g/mol. The summed E-state index contributed by atoms with van der Waals surface area (Å²) in [5, 5.41) is 8.79. The van der Waals surface area contributed by atoms with Crippen molar-refractivity contribution >= 4 is 11.7 Å². The number of hydrogen-bond acceptors (Lipinski definition) is 5. The van der Waals surface area contributed by atoms with Gasteiger partial charge in [-0.15, -0.1) is 5.10 Å². The van der Waals surface area contributed by atoms with Crippen molar-refractivity contribution in [3.05, 3.63) is 46.6 Å². The van der Waals surface area contributed by atoms with Gasteiger partial charge < -0.3 is 14.5 Å². The number of benzene rings is 1. The molecule has 2 aliphatic rings. The van der Waals surface area contributed by atoms with Gasteiger partial charge in [0.25, 0.3) is 5.91 Å². The molecule has 1 amide bonds. The summed E-state index contributed by atoms with van der Waals surface area (Å²) in [6.45, 7) is 8.82. The first-order valence-corrected chi connectivity index (χ1v) is 10.1. The van der Waals surface area contributed by atoms with E-state index in [0.717, 1.165) is 48.8 Å². The maximum Gasteiger partial charge on any atom is 0.263 e. The maximum atomic E-state index is 12.8. The zero-order chi connectivity index (χ0) is 19.7. The van der Waals surface area contributed by atoms with Gasteiger partial charge in [0.1, 0.15) is 5.75 Å². The van der Waals surface area contributed by atoms with Gasteiger partial charge in [0.05, 0.1) is 5.69 Å². The lowest BCUT2D eigenvalue weighted by Crippen LogP contribution is -2.52. The lowest BCUT2D eigenvalue weighted by molar-refractivity contribution is -0.138. The molecule has 148 valence electrons. The SMILES string of the molecule is Cc1cccc(OC(C)C(=O)N2CCN(c3cc4c(nn3)CCC4)CC2)c1C. The van der Waals surface area contributed by atoms with E-state index < -0.39 is 6.10 Å². The molecule has 1 atom stereocenters. The van der Waals surface area contributed by atoms with E-state index in [4.69, 9.17) is 4.74 Å². The number of aromatic nitrogens is 2. The second-order valence-corrected chi connectivity index (χ2v) is 7.80. The summed E-state index contributed by atoms with van der Waals surface area (Å²) in [5.41, 5.74) is 4.73. The highest BCUT2D eigenvalue weighted by Gasteiger charge is 2.27. The summed E-state index contributed by atoms with van der Waals surface area (Å²) >= 11 is 0. The number of amides is 1. The van der Waals surface area contributed by atoms with Gasteiger partial charge >= 0.3 is 0 Å². The fourth-order valence-corrected chi connectivity index (χ4v) is 3.98. The van der Waals surface area contributed by atoms with Gasteiger partial charge in [-0.3, -0.25) is 4.79 Å². The van der Waals surface area contributed by atoms with Crippen LogP contribution in [-0.4, -0.2) is 53.3 Å². The largest absolute Gasteiger partial charge is 0.481 e. The Morgan fingerprint density at radius 1 is 1.11 bits per heavy atom. The molecule has 0 N–H and O–H groups in total. The smallest absolute Gasteiger partial charge is 0.263 e. The molecule has 0 radical (unpaired) electrons. The lowest BCUT2D eigenvalue weighted by atomic mass is 10.1. The first kappa shape index (κ1) is 18.7. The summed E-state index contributed by atoms with van der Waals surface area (Å²) in [5.74, 6) is 1.76. The number of hydrogen-bond donors (Lipinski definition) is 0. The average Bonchev–Trinajstić information content (AvgIpc) is 3.19. The molecular weight excluding hydrogens is 352 g/mol. The number of rotatable bonds is 4. The molecule has 6 heteroatoms. The topological polar surface area (TPSA) is 58.6 Å². The predicted octanol–water partition coefficient (Wildman–Crippen LogP) is 2.70. The number of nitrogens with zero attached hydrogens (tertiary/aromatic N) is 4. The Balaban J connectivity index is 1.35. The molecule has 6 nitrogen and oxygen atoms in total. The van der Waals surface area contributed by atoms with Crippen molar-refractivity contribution < 1.29 is 9.53 Å². The van der Waals surface area contributed by atoms with Crippen LogP contribution in [0, 0.1) is 13.8 Å². The molecule has 1 aromatic carbocycles. The van der Waals surface area contributed by atoms with E-state index in [2.05, 4.69) is 34.2 Å². The van der Waals surface area contributed by atoms with Crippen molar-refractivity contribution in [2.24, 2.45) is 0 Å². The van der Waals surface area contributed by atoms with E-state index in [1.165, 1.54) is 17.5 Å². The highest BCUT2D eigenvalue weighted by atomic mass is 16.5. The Hall–Kier alpha value is -2.63. The lowest BCUT2D eigenvalue weighted by Gasteiger charge is -2.36.